The molecule has 0 aliphatic heterocycles. The Morgan fingerprint density at radius 2 is 2.00 bits per heavy atom. The predicted molar refractivity (Wildman–Crippen MR) is 78.1 cm³/mol. The number of hydrogen-bond acceptors (Lipinski definition) is 2. The summed E-state index contributed by atoms with van der Waals surface area (Å²) in [6, 6.07) is 9.17. The van der Waals surface area contributed by atoms with Crippen molar-refractivity contribution in [2.75, 3.05) is 7.11 Å². The number of nitrogens with two attached hydrogens (primary N) is 1. The number of ether oxygens (including phenoxy) is 1. The van der Waals surface area contributed by atoms with E-state index in [4.69, 9.17) is 22.1 Å². The van der Waals surface area contributed by atoms with Crippen LogP contribution < -0.4 is 10.5 Å². The van der Waals surface area contributed by atoms with Gasteiger partial charge in [0.05, 0.1) is 18.2 Å². The van der Waals surface area contributed by atoms with Gasteiger partial charge in [-0.25, -0.2) is 4.39 Å². The number of halogens is 3. The molecule has 0 saturated carbocycles. The lowest BCUT2D eigenvalue weighted by molar-refractivity contribution is 0.406. The second kappa shape index (κ2) is 5.90. The third kappa shape index (κ3) is 3.08. The molecule has 1 unspecified atom stereocenters. The molecule has 0 aromatic heterocycles. The maximum Gasteiger partial charge on any atom is 0.124 e. The van der Waals surface area contributed by atoms with Gasteiger partial charge >= 0.3 is 0 Å². The van der Waals surface area contributed by atoms with E-state index in [0.717, 1.165) is 10.0 Å². The number of hydrogen-bond donors (Lipinski definition) is 1. The fourth-order valence-corrected chi connectivity index (χ4v) is 2.35. The summed E-state index contributed by atoms with van der Waals surface area (Å²) in [6.45, 7) is 0. The van der Waals surface area contributed by atoms with Crippen LogP contribution in [0, 0.1) is 5.82 Å². The van der Waals surface area contributed by atoms with Crippen molar-refractivity contribution in [3.05, 3.63) is 62.8 Å². The lowest BCUT2D eigenvalue weighted by Crippen LogP contribution is -2.13. The average molecular weight is 345 g/mol. The van der Waals surface area contributed by atoms with Gasteiger partial charge in [-0.2, -0.15) is 0 Å². The summed E-state index contributed by atoms with van der Waals surface area (Å²) in [5.74, 6) is 0.208. The molecule has 0 heterocycles. The smallest absolute Gasteiger partial charge is 0.124 e. The lowest BCUT2D eigenvalue weighted by atomic mass is 9.98. The first kappa shape index (κ1) is 14.3. The van der Waals surface area contributed by atoms with Crippen LogP contribution in [0.4, 0.5) is 4.39 Å². The molecule has 2 aromatic carbocycles. The molecule has 0 bridgehead atoms. The molecule has 2 aromatic rings. The van der Waals surface area contributed by atoms with Crippen LogP contribution in [0.25, 0.3) is 0 Å². The summed E-state index contributed by atoms with van der Waals surface area (Å²) in [5, 5.41) is 0.599. The SMILES string of the molecule is COc1ccc(F)cc1C(N)c1ccc(Cl)c(Br)c1. The summed E-state index contributed by atoms with van der Waals surface area (Å²) >= 11 is 9.29. The zero-order chi connectivity index (χ0) is 14.0. The number of rotatable bonds is 3. The highest BCUT2D eigenvalue weighted by Crippen LogP contribution is 2.32. The van der Waals surface area contributed by atoms with Gasteiger partial charge in [0, 0.05) is 10.0 Å². The molecule has 0 radical (unpaired) electrons. The molecule has 19 heavy (non-hydrogen) atoms. The van der Waals surface area contributed by atoms with Crippen LogP contribution in [0.15, 0.2) is 40.9 Å². The summed E-state index contributed by atoms with van der Waals surface area (Å²) in [4.78, 5) is 0. The van der Waals surface area contributed by atoms with Crippen molar-refractivity contribution in [1.82, 2.24) is 0 Å². The van der Waals surface area contributed by atoms with Crippen LogP contribution in [-0.4, -0.2) is 7.11 Å². The Morgan fingerprint density at radius 3 is 2.63 bits per heavy atom. The molecular formula is C14H12BrClFNO. The third-order valence-electron chi connectivity index (χ3n) is 2.83. The van der Waals surface area contributed by atoms with Crippen molar-refractivity contribution < 1.29 is 9.13 Å². The molecule has 0 spiro atoms. The van der Waals surface area contributed by atoms with E-state index in [1.807, 2.05) is 12.1 Å². The molecule has 2 rings (SSSR count). The predicted octanol–water partition coefficient (Wildman–Crippen LogP) is 4.30. The van der Waals surface area contributed by atoms with Crippen LogP contribution in [0.1, 0.15) is 17.2 Å². The van der Waals surface area contributed by atoms with E-state index in [9.17, 15) is 4.39 Å². The highest BCUT2D eigenvalue weighted by atomic mass is 79.9. The summed E-state index contributed by atoms with van der Waals surface area (Å²) < 4.78 is 19.3. The molecule has 0 aliphatic rings. The molecule has 0 amide bonds. The standard InChI is InChI=1S/C14H12BrClFNO/c1-19-13-5-3-9(17)7-10(13)14(18)8-2-4-12(16)11(15)6-8/h2-7,14H,18H2,1H3. The first-order valence-corrected chi connectivity index (χ1v) is 6.74. The highest BCUT2D eigenvalue weighted by Gasteiger charge is 2.16. The molecule has 2 nitrogen and oxygen atoms in total. The zero-order valence-corrected chi connectivity index (χ0v) is 12.5. The van der Waals surface area contributed by atoms with Crippen molar-refractivity contribution in [2.45, 2.75) is 6.04 Å². The minimum atomic E-state index is -0.487. The van der Waals surface area contributed by atoms with Crippen molar-refractivity contribution in [1.29, 1.82) is 0 Å². The van der Waals surface area contributed by atoms with Crippen molar-refractivity contribution >= 4 is 27.5 Å². The Hall–Kier alpha value is -1.10. The number of benzene rings is 2. The molecule has 1 atom stereocenters. The van der Waals surface area contributed by atoms with Gasteiger partial charge in [0.2, 0.25) is 0 Å². The maximum atomic E-state index is 13.4. The van der Waals surface area contributed by atoms with Gasteiger partial charge in [-0.05, 0) is 51.8 Å². The van der Waals surface area contributed by atoms with Crippen LogP contribution in [0.3, 0.4) is 0 Å². The average Bonchev–Trinajstić information content (AvgIpc) is 2.41. The Kier molecular flexibility index (Phi) is 4.45. The molecule has 0 saturated heterocycles. The van der Waals surface area contributed by atoms with Gasteiger partial charge in [0.1, 0.15) is 11.6 Å². The van der Waals surface area contributed by atoms with Crippen molar-refractivity contribution in [3.63, 3.8) is 0 Å². The fraction of sp³-hybridized carbons (Fsp3) is 0.143. The lowest BCUT2D eigenvalue weighted by Gasteiger charge is -2.16. The zero-order valence-electron chi connectivity index (χ0n) is 10.2. The fourth-order valence-electron chi connectivity index (χ4n) is 1.83. The minimum Gasteiger partial charge on any atom is -0.496 e. The van der Waals surface area contributed by atoms with Gasteiger partial charge in [-0.1, -0.05) is 17.7 Å². The number of methoxy groups -OCH3 is 1. The second-order valence-electron chi connectivity index (χ2n) is 4.04. The van der Waals surface area contributed by atoms with E-state index in [0.29, 0.717) is 16.3 Å². The minimum absolute atomic E-state index is 0.348. The third-order valence-corrected chi connectivity index (χ3v) is 4.04. The first-order chi connectivity index (χ1) is 9.02. The van der Waals surface area contributed by atoms with E-state index >= 15 is 0 Å². The quantitative estimate of drug-likeness (QED) is 0.901. The molecular weight excluding hydrogens is 333 g/mol. The molecule has 5 heteroatoms. The largest absolute Gasteiger partial charge is 0.496 e. The van der Waals surface area contributed by atoms with E-state index in [1.165, 1.54) is 19.2 Å². The summed E-state index contributed by atoms with van der Waals surface area (Å²) in [5.41, 5.74) is 7.58. The van der Waals surface area contributed by atoms with Crippen molar-refractivity contribution in [2.24, 2.45) is 5.73 Å². The van der Waals surface area contributed by atoms with E-state index in [-0.39, 0.29) is 5.82 Å². The van der Waals surface area contributed by atoms with E-state index in [2.05, 4.69) is 15.9 Å². The Labute approximate surface area is 124 Å². The second-order valence-corrected chi connectivity index (χ2v) is 5.30. The molecule has 2 N–H and O–H groups in total. The Morgan fingerprint density at radius 1 is 1.26 bits per heavy atom. The molecule has 100 valence electrons. The van der Waals surface area contributed by atoms with Gasteiger partial charge < -0.3 is 10.5 Å². The Bertz CT molecular complexity index is 606. The van der Waals surface area contributed by atoms with Gasteiger partial charge in [-0.3, -0.25) is 0 Å². The van der Waals surface area contributed by atoms with Gasteiger partial charge in [0.25, 0.3) is 0 Å². The van der Waals surface area contributed by atoms with E-state index in [1.54, 1.807) is 12.1 Å². The summed E-state index contributed by atoms with van der Waals surface area (Å²) in [6.07, 6.45) is 0. The Balaban J connectivity index is 2.45. The van der Waals surface area contributed by atoms with Crippen LogP contribution in [0.5, 0.6) is 5.75 Å². The monoisotopic (exact) mass is 343 g/mol. The maximum absolute atomic E-state index is 13.4. The summed E-state index contributed by atoms with van der Waals surface area (Å²) in [7, 11) is 1.53. The van der Waals surface area contributed by atoms with Crippen LogP contribution in [0.2, 0.25) is 5.02 Å². The van der Waals surface area contributed by atoms with Gasteiger partial charge in [-0.15, -0.1) is 0 Å². The van der Waals surface area contributed by atoms with Crippen LogP contribution >= 0.6 is 27.5 Å². The molecule has 0 aliphatic carbocycles. The topological polar surface area (TPSA) is 35.2 Å². The van der Waals surface area contributed by atoms with E-state index < -0.39 is 6.04 Å². The first-order valence-electron chi connectivity index (χ1n) is 5.57. The normalized spacial score (nSPS) is 12.3. The van der Waals surface area contributed by atoms with Crippen molar-refractivity contribution in [3.8, 4) is 5.75 Å². The van der Waals surface area contributed by atoms with Crippen LogP contribution in [-0.2, 0) is 0 Å². The molecule has 0 fully saturated rings. The van der Waals surface area contributed by atoms with Gasteiger partial charge in [0.15, 0.2) is 0 Å². The highest BCUT2D eigenvalue weighted by molar-refractivity contribution is 9.10.